The smallest absolute Gasteiger partial charge is 0.323 e. The molecule has 0 aliphatic carbocycles. The van der Waals surface area contributed by atoms with Crippen molar-refractivity contribution in [1.29, 1.82) is 0 Å². The second kappa shape index (κ2) is 4.08. The van der Waals surface area contributed by atoms with Crippen LogP contribution in [0.2, 0.25) is 0 Å². The number of carbonyl (C=O) groups is 2. The van der Waals surface area contributed by atoms with Crippen molar-refractivity contribution in [3.63, 3.8) is 0 Å². The number of fused-ring (bicyclic) bond motifs is 1. The molecule has 0 radical (unpaired) electrons. The highest BCUT2D eigenvalue weighted by atomic mass is 16.5. The number of hydrogen-bond acceptors (Lipinski definition) is 3. The third-order valence-corrected chi connectivity index (χ3v) is 2.88. The Bertz CT molecular complexity index is 496. The van der Waals surface area contributed by atoms with Gasteiger partial charge in [0.25, 0.3) is 5.91 Å². The Morgan fingerprint density at radius 2 is 2.18 bits per heavy atom. The third kappa shape index (κ3) is 1.95. The van der Waals surface area contributed by atoms with E-state index in [4.69, 9.17) is 9.84 Å². The molecule has 17 heavy (non-hydrogen) atoms. The van der Waals surface area contributed by atoms with Crippen LogP contribution in [-0.4, -0.2) is 30.1 Å². The molecular weight excluding hydrogens is 222 g/mol. The lowest BCUT2D eigenvalue weighted by Gasteiger charge is -2.29. The highest BCUT2D eigenvalue weighted by molar-refractivity contribution is 6.01. The van der Waals surface area contributed by atoms with Crippen molar-refractivity contribution in [3.8, 4) is 5.75 Å². The summed E-state index contributed by atoms with van der Waals surface area (Å²) in [7, 11) is 0. The average Bonchev–Trinajstić information content (AvgIpc) is 2.27. The summed E-state index contributed by atoms with van der Waals surface area (Å²) in [6, 6.07) is 3.57. The van der Waals surface area contributed by atoms with E-state index in [1.54, 1.807) is 6.07 Å². The number of nitrogens with zero attached hydrogens (tertiary/aromatic N) is 1. The van der Waals surface area contributed by atoms with Gasteiger partial charge in [-0.25, -0.2) is 0 Å². The zero-order chi connectivity index (χ0) is 12.6. The molecule has 0 atom stereocenters. The summed E-state index contributed by atoms with van der Waals surface area (Å²) in [5.41, 5.74) is 2.52. The van der Waals surface area contributed by atoms with Crippen LogP contribution in [0.4, 0.5) is 5.69 Å². The molecular formula is C12H13NO4. The molecule has 1 aliphatic heterocycles. The van der Waals surface area contributed by atoms with Crippen molar-refractivity contribution < 1.29 is 19.4 Å². The maximum atomic E-state index is 11.6. The van der Waals surface area contributed by atoms with Crippen molar-refractivity contribution in [2.75, 3.05) is 18.1 Å². The molecule has 2 rings (SSSR count). The SMILES string of the molecule is Cc1ccc2c(c1C)OCC(=O)N2CC(=O)O. The van der Waals surface area contributed by atoms with E-state index in [9.17, 15) is 9.59 Å². The first-order valence-corrected chi connectivity index (χ1v) is 5.26. The Morgan fingerprint density at radius 3 is 2.82 bits per heavy atom. The molecule has 0 saturated carbocycles. The second-order valence-electron chi connectivity index (χ2n) is 4.02. The molecule has 0 bridgehead atoms. The molecule has 1 amide bonds. The molecule has 5 heteroatoms. The topological polar surface area (TPSA) is 66.8 Å². The molecule has 0 saturated heterocycles. The Morgan fingerprint density at radius 1 is 1.47 bits per heavy atom. The van der Waals surface area contributed by atoms with Gasteiger partial charge in [0.05, 0.1) is 5.69 Å². The van der Waals surface area contributed by atoms with Crippen molar-refractivity contribution in [2.45, 2.75) is 13.8 Å². The van der Waals surface area contributed by atoms with E-state index in [0.29, 0.717) is 11.4 Å². The summed E-state index contributed by atoms with van der Waals surface area (Å²) in [4.78, 5) is 23.6. The van der Waals surface area contributed by atoms with E-state index in [1.165, 1.54) is 4.90 Å². The van der Waals surface area contributed by atoms with Gasteiger partial charge in [-0.3, -0.25) is 14.5 Å². The zero-order valence-corrected chi connectivity index (χ0v) is 9.69. The van der Waals surface area contributed by atoms with Crippen molar-refractivity contribution in [2.24, 2.45) is 0 Å². The number of aliphatic carboxylic acids is 1. The van der Waals surface area contributed by atoms with Crippen LogP contribution in [0, 0.1) is 13.8 Å². The first-order chi connectivity index (χ1) is 8.00. The molecule has 90 valence electrons. The number of carbonyl (C=O) groups excluding carboxylic acids is 1. The standard InChI is InChI=1S/C12H13NO4/c1-7-3-4-9-12(8(7)2)17-6-10(14)13(9)5-11(15)16/h3-4H,5-6H2,1-2H3,(H,15,16). The molecule has 0 fully saturated rings. The fraction of sp³-hybridized carbons (Fsp3) is 0.333. The van der Waals surface area contributed by atoms with Gasteiger partial charge < -0.3 is 9.84 Å². The maximum Gasteiger partial charge on any atom is 0.323 e. The highest BCUT2D eigenvalue weighted by Gasteiger charge is 2.28. The molecule has 1 heterocycles. The number of anilines is 1. The van der Waals surface area contributed by atoms with Gasteiger partial charge in [0.2, 0.25) is 0 Å². The van der Waals surface area contributed by atoms with Gasteiger partial charge in [0.1, 0.15) is 12.3 Å². The molecule has 0 aromatic heterocycles. The van der Waals surface area contributed by atoms with Gasteiger partial charge in [-0.05, 0) is 31.0 Å². The summed E-state index contributed by atoms with van der Waals surface area (Å²) in [5, 5.41) is 8.80. The second-order valence-corrected chi connectivity index (χ2v) is 4.02. The first-order valence-electron chi connectivity index (χ1n) is 5.26. The predicted octanol–water partition coefficient (Wildman–Crippen LogP) is 1.11. The minimum Gasteiger partial charge on any atom is -0.481 e. The predicted molar refractivity (Wildman–Crippen MR) is 61.4 cm³/mol. The van der Waals surface area contributed by atoms with Gasteiger partial charge in [-0.15, -0.1) is 0 Å². The Balaban J connectivity index is 2.48. The molecule has 1 N–H and O–H groups in total. The molecule has 5 nitrogen and oxygen atoms in total. The lowest BCUT2D eigenvalue weighted by Crippen LogP contribution is -2.42. The van der Waals surface area contributed by atoms with Crippen LogP contribution in [0.15, 0.2) is 12.1 Å². The molecule has 0 unspecified atom stereocenters. The van der Waals surface area contributed by atoms with Gasteiger partial charge >= 0.3 is 5.97 Å². The average molecular weight is 235 g/mol. The van der Waals surface area contributed by atoms with E-state index in [2.05, 4.69) is 0 Å². The van der Waals surface area contributed by atoms with Crippen LogP contribution in [0.3, 0.4) is 0 Å². The normalized spacial score (nSPS) is 14.2. The van der Waals surface area contributed by atoms with Crippen LogP contribution in [0.25, 0.3) is 0 Å². The van der Waals surface area contributed by atoms with Crippen molar-refractivity contribution in [1.82, 2.24) is 0 Å². The van der Waals surface area contributed by atoms with E-state index in [0.717, 1.165) is 11.1 Å². The Labute approximate surface area is 98.6 Å². The number of amides is 1. The third-order valence-electron chi connectivity index (χ3n) is 2.88. The molecule has 1 aromatic rings. The summed E-state index contributed by atoms with van der Waals surface area (Å²) >= 11 is 0. The van der Waals surface area contributed by atoms with Crippen LogP contribution >= 0.6 is 0 Å². The molecule has 0 spiro atoms. The monoisotopic (exact) mass is 235 g/mol. The van der Waals surface area contributed by atoms with E-state index >= 15 is 0 Å². The summed E-state index contributed by atoms with van der Waals surface area (Å²) in [5.74, 6) is -0.765. The number of rotatable bonds is 2. The minimum absolute atomic E-state index is 0.107. The van der Waals surface area contributed by atoms with Gasteiger partial charge in [-0.2, -0.15) is 0 Å². The Hall–Kier alpha value is -2.04. The van der Waals surface area contributed by atoms with E-state index in [1.807, 2.05) is 19.9 Å². The molecule has 1 aromatic carbocycles. The van der Waals surface area contributed by atoms with Crippen LogP contribution < -0.4 is 9.64 Å². The lowest BCUT2D eigenvalue weighted by atomic mass is 10.1. The summed E-state index contributed by atoms with van der Waals surface area (Å²) in [6.07, 6.45) is 0. The minimum atomic E-state index is -1.04. The van der Waals surface area contributed by atoms with Crippen molar-refractivity contribution >= 4 is 17.6 Å². The van der Waals surface area contributed by atoms with Gasteiger partial charge in [0, 0.05) is 0 Å². The van der Waals surface area contributed by atoms with Crippen LogP contribution in [0.1, 0.15) is 11.1 Å². The quantitative estimate of drug-likeness (QED) is 0.834. The van der Waals surface area contributed by atoms with Crippen molar-refractivity contribution in [3.05, 3.63) is 23.3 Å². The number of aryl methyl sites for hydroxylation is 1. The van der Waals surface area contributed by atoms with E-state index < -0.39 is 5.97 Å². The summed E-state index contributed by atoms with van der Waals surface area (Å²) in [6.45, 7) is 3.39. The number of carboxylic acids is 1. The Kier molecular flexibility index (Phi) is 2.75. The maximum absolute atomic E-state index is 11.6. The number of carboxylic acid groups (broad SMARTS) is 1. The lowest BCUT2D eigenvalue weighted by molar-refractivity contribution is -0.137. The van der Waals surface area contributed by atoms with E-state index in [-0.39, 0.29) is 19.1 Å². The molecule has 1 aliphatic rings. The fourth-order valence-corrected chi connectivity index (χ4v) is 1.83. The number of benzene rings is 1. The number of hydrogen-bond donors (Lipinski definition) is 1. The first kappa shape index (κ1) is 11.4. The van der Waals surface area contributed by atoms with Gasteiger partial charge in [-0.1, -0.05) is 6.07 Å². The highest BCUT2D eigenvalue weighted by Crippen LogP contribution is 2.36. The zero-order valence-electron chi connectivity index (χ0n) is 9.69. The fourth-order valence-electron chi connectivity index (χ4n) is 1.83. The number of ether oxygens (including phenoxy) is 1. The largest absolute Gasteiger partial charge is 0.481 e. The van der Waals surface area contributed by atoms with Crippen LogP contribution in [0.5, 0.6) is 5.75 Å². The summed E-state index contributed by atoms with van der Waals surface area (Å²) < 4.78 is 5.38. The van der Waals surface area contributed by atoms with Gasteiger partial charge in [0.15, 0.2) is 6.61 Å². The van der Waals surface area contributed by atoms with Crippen LogP contribution in [-0.2, 0) is 9.59 Å².